The largest absolute Gasteiger partial charge is 0.326 e. The average Bonchev–Trinajstić information content (AvgIpc) is 3.21. The van der Waals surface area contributed by atoms with Gasteiger partial charge in [0.15, 0.2) is 0 Å². The molecule has 0 amide bonds. The highest BCUT2D eigenvalue weighted by Crippen LogP contribution is 2.40. The van der Waals surface area contributed by atoms with E-state index in [1.54, 1.807) is 4.31 Å². The van der Waals surface area contributed by atoms with Crippen LogP contribution < -0.4 is 10.0 Å². The van der Waals surface area contributed by atoms with Crippen LogP contribution in [0.2, 0.25) is 0 Å². The van der Waals surface area contributed by atoms with E-state index in [0.717, 1.165) is 36.9 Å². The summed E-state index contributed by atoms with van der Waals surface area (Å²) < 4.78 is 26.5. The van der Waals surface area contributed by atoms with E-state index < -0.39 is 10.0 Å². The summed E-state index contributed by atoms with van der Waals surface area (Å²) >= 11 is 0. The number of nitrogens with zero attached hydrogens (tertiary/aromatic N) is 1. The average molecular weight is 266 g/mol. The fourth-order valence-electron chi connectivity index (χ4n) is 2.18. The first-order chi connectivity index (χ1) is 8.63. The molecule has 2 fully saturated rings. The molecule has 0 aliphatic heterocycles. The maximum Gasteiger partial charge on any atom is 0.238 e. The third kappa shape index (κ3) is 2.12. The molecule has 5 heteroatoms. The van der Waals surface area contributed by atoms with Crippen LogP contribution in [-0.4, -0.2) is 19.7 Å². The zero-order valence-corrected chi connectivity index (χ0v) is 11.1. The molecule has 2 aliphatic rings. The molecule has 1 aromatic carbocycles. The topological polar surface area (TPSA) is 63.4 Å². The molecule has 0 spiro atoms. The predicted octanol–water partition coefficient (Wildman–Crippen LogP) is 1.61. The van der Waals surface area contributed by atoms with Gasteiger partial charge < -0.3 is 5.73 Å². The van der Waals surface area contributed by atoms with Crippen molar-refractivity contribution in [3.63, 3.8) is 0 Å². The minimum Gasteiger partial charge on any atom is -0.326 e. The van der Waals surface area contributed by atoms with Crippen molar-refractivity contribution in [3.8, 4) is 0 Å². The van der Waals surface area contributed by atoms with Crippen LogP contribution in [0.4, 0.5) is 5.69 Å². The smallest absolute Gasteiger partial charge is 0.238 e. The van der Waals surface area contributed by atoms with E-state index in [0.29, 0.717) is 6.54 Å². The minimum absolute atomic E-state index is 0.146. The molecule has 4 nitrogen and oxygen atoms in total. The lowest BCUT2D eigenvalue weighted by atomic mass is 10.2. The van der Waals surface area contributed by atoms with Gasteiger partial charge in [0.05, 0.1) is 10.9 Å². The van der Waals surface area contributed by atoms with Gasteiger partial charge in [-0.15, -0.1) is 0 Å². The molecule has 0 atom stereocenters. The van der Waals surface area contributed by atoms with E-state index in [2.05, 4.69) is 0 Å². The number of hydrogen-bond donors (Lipinski definition) is 1. The van der Waals surface area contributed by atoms with Gasteiger partial charge in [-0.25, -0.2) is 8.42 Å². The number of sulfonamides is 1. The Labute approximate surface area is 108 Å². The quantitative estimate of drug-likeness (QED) is 0.880. The Bertz CT molecular complexity index is 531. The summed E-state index contributed by atoms with van der Waals surface area (Å²) in [5, 5.41) is -0.146. The van der Waals surface area contributed by atoms with Crippen LogP contribution in [0, 0.1) is 0 Å². The molecule has 2 aliphatic carbocycles. The molecule has 2 N–H and O–H groups in total. The highest BCUT2D eigenvalue weighted by atomic mass is 32.2. The summed E-state index contributed by atoms with van der Waals surface area (Å²) in [4.78, 5) is 0. The van der Waals surface area contributed by atoms with Crippen LogP contribution in [0.5, 0.6) is 0 Å². The van der Waals surface area contributed by atoms with E-state index >= 15 is 0 Å². The van der Waals surface area contributed by atoms with E-state index in [1.165, 1.54) is 0 Å². The fraction of sp³-hybridized carbons (Fsp3) is 0.538. The summed E-state index contributed by atoms with van der Waals surface area (Å²) in [5.74, 6) is 0. The highest BCUT2D eigenvalue weighted by molar-refractivity contribution is 7.93. The van der Waals surface area contributed by atoms with Crippen molar-refractivity contribution in [2.75, 3.05) is 4.31 Å². The number of nitrogens with two attached hydrogens (primary N) is 1. The third-order valence-corrected chi connectivity index (χ3v) is 5.90. The van der Waals surface area contributed by atoms with Crippen molar-refractivity contribution in [2.24, 2.45) is 5.73 Å². The molecule has 98 valence electrons. The van der Waals surface area contributed by atoms with Crippen LogP contribution in [0.3, 0.4) is 0 Å². The summed E-state index contributed by atoms with van der Waals surface area (Å²) in [6, 6.07) is 7.75. The molecule has 0 aromatic heterocycles. The lowest BCUT2D eigenvalue weighted by molar-refractivity contribution is 0.589. The second kappa shape index (κ2) is 4.24. The Morgan fingerprint density at radius 2 is 1.72 bits per heavy atom. The zero-order chi connectivity index (χ0) is 12.8. The van der Waals surface area contributed by atoms with Gasteiger partial charge >= 0.3 is 0 Å². The molecular weight excluding hydrogens is 248 g/mol. The molecule has 0 saturated heterocycles. The van der Waals surface area contributed by atoms with E-state index in [4.69, 9.17) is 5.73 Å². The first-order valence-corrected chi connectivity index (χ1v) is 7.95. The second-order valence-corrected chi connectivity index (χ2v) is 7.23. The predicted molar refractivity (Wildman–Crippen MR) is 71.8 cm³/mol. The Balaban J connectivity index is 1.93. The molecule has 18 heavy (non-hydrogen) atoms. The van der Waals surface area contributed by atoms with Gasteiger partial charge in [0.25, 0.3) is 0 Å². The van der Waals surface area contributed by atoms with E-state index in [1.807, 2.05) is 24.3 Å². The lowest BCUT2D eigenvalue weighted by Gasteiger charge is -2.24. The van der Waals surface area contributed by atoms with Crippen molar-refractivity contribution in [1.29, 1.82) is 0 Å². The molecule has 0 bridgehead atoms. The Hall–Kier alpha value is -1.07. The number of benzene rings is 1. The molecule has 0 radical (unpaired) electrons. The number of hydrogen-bond acceptors (Lipinski definition) is 3. The van der Waals surface area contributed by atoms with Gasteiger partial charge in [-0.1, -0.05) is 12.1 Å². The summed E-state index contributed by atoms with van der Waals surface area (Å²) in [5.41, 5.74) is 7.38. The molecule has 1 aromatic rings. The lowest BCUT2D eigenvalue weighted by Crippen LogP contribution is -2.35. The SMILES string of the molecule is NCc1ccc(N(C2CC2)S(=O)(=O)C2CC2)cc1. The van der Waals surface area contributed by atoms with E-state index in [9.17, 15) is 8.42 Å². The maximum absolute atomic E-state index is 12.4. The summed E-state index contributed by atoms with van der Waals surface area (Å²) in [7, 11) is -3.14. The molecule has 3 rings (SSSR count). The van der Waals surface area contributed by atoms with Crippen molar-refractivity contribution in [1.82, 2.24) is 0 Å². The minimum atomic E-state index is -3.14. The Morgan fingerprint density at radius 1 is 1.11 bits per heavy atom. The van der Waals surface area contributed by atoms with Crippen LogP contribution in [0.25, 0.3) is 0 Å². The Kier molecular flexibility index (Phi) is 2.83. The third-order valence-electron chi connectivity index (χ3n) is 3.52. The second-order valence-electron chi connectivity index (χ2n) is 5.14. The zero-order valence-electron chi connectivity index (χ0n) is 10.2. The van der Waals surface area contributed by atoms with Gasteiger partial charge in [0, 0.05) is 12.6 Å². The van der Waals surface area contributed by atoms with Crippen LogP contribution >= 0.6 is 0 Å². The summed E-state index contributed by atoms with van der Waals surface area (Å²) in [6.07, 6.45) is 3.58. The number of rotatable bonds is 5. The maximum atomic E-state index is 12.4. The van der Waals surface area contributed by atoms with Crippen molar-refractivity contribution < 1.29 is 8.42 Å². The van der Waals surface area contributed by atoms with Gasteiger partial charge in [0.1, 0.15) is 0 Å². The molecule has 0 unspecified atom stereocenters. The highest BCUT2D eigenvalue weighted by Gasteiger charge is 2.45. The van der Waals surface area contributed by atoms with Gasteiger partial charge in [0.2, 0.25) is 10.0 Å². The van der Waals surface area contributed by atoms with Crippen LogP contribution in [-0.2, 0) is 16.6 Å². The first-order valence-electron chi connectivity index (χ1n) is 6.45. The fourth-order valence-corrected chi connectivity index (χ4v) is 4.27. The standard InChI is InChI=1S/C13H18N2O2S/c14-9-10-1-3-11(4-2-10)15(12-5-6-12)18(16,17)13-7-8-13/h1-4,12-13H,5-9,14H2. The molecule has 0 heterocycles. The van der Waals surface area contributed by atoms with E-state index in [-0.39, 0.29) is 11.3 Å². The van der Waals surface area contributed by atoms with Crippen molar-refractivity contribution in [2.45, 2.75) is 43.5 Å². The Morgan fingerprint density at radius 3 is 2.17 bits per heavy atom. The van der Waals surface area contributed by atoms with Crippen molar-refractivity contribution >= 4 is 15.7 Å². The first kappa shape index (κ1) is 12.0. The van der Waals surface area contributed by atoms with Crippen LogP contribution in [0.15, 0.2) is 24.3 Å². The van der Waals surface area contributed by atoms with Gasteiger partial charge in [-0.05, 0) is 43.4 Å². The normalized spacial score (nSPS) is 19.8. The molecule has 2 saturated carbocycles. The molecular formula is C13H18N2O2S. The summed E-state index contributed by atoms with van der Waals surface area (Å²) in [6.45, 7) is 0.485. The van der Waals surface area contributed by atoms with Gasteiger partial charge in [-0.3, -0.25) is 4.31 Å². The van der Waals surface area contributed by atoms with Crippen LogP contribution in [0.1, 0.15) is 31.2 Å². The number of anilines is 1. The van der Waals surface area contributed by atoms with Gasteiger partial charge in [-0.2, -0.15) is 0 Å². The monoisotopic (exact) mass is 266 g/mol. The van der Waals surface area contributed by atoms with Crippen molar-refractivity contribution in [3.05, 3.63) is 29.8 Å².